The first kappa shape index (κ1) is 29.4. The second kappa shape index (κ2) is 14.1. The van der Waals surface area contributed by atoms with Crippen LogP contribution < -0.4 is 19.1 Å². The molecule has 0 aliphatic rings. The number of carbonyl (C=O) groups is 1. The Bertz CT molecular complexity index is 1280. The molecule has 0 fully saturated rings. The molecule has 0 unspecified atom stereocenters. The number of nitrogens with zero attached hydrogens (tertiary/aromatic N) is 1. The lowest BCUT2D eigenvalue weighted by atomic mass is 10.1. The molecule has 204 valence electrons. The van der Waals surface area contributed by atoms with Gasteiger partial charge >= 0.3 is 0 Å². The second-order valence-electron chi connectivity index (χ2n) is 8.88. The number of sulfonamides is 1. The quantitative estimate of drug-likeness (QED) is 0.207. The van der Waals surface area contributed by atoms with Crippen molar-refractivity contribution in [2.24, 2.45) is 0 Å². The molecule has 1 N–H and O–H groups in total. The van der Waals surface area contributed by atoms with Crippen LogP contribution in [-0.2, 0) is 21.2 Å². The number of benzene rings is 3. The fraction of sp³-hybridized carbons (Fsp3) is 0.345. The Morgan fingerprint density at radius 2 is 1.71 bits per heavy atom. The maximum absolute atomic E-state index is 13.6. The first-order valence-electron chi connectivity index (χ1n) is 12.6. The smallest absolute Gasteiger partial charge is 0.264 e. The van der Waals surface area contributed by atoms with E-state index in [1.807, 2.05) is 51.3 Å². The molecule has 7 nitrogen and oxygen atoms in total. The number of amides is 1. The van der Waals surface area contributed by atoms with E-state index in [0.717, 1.165) is 26.9 Å². The topological polar surface area (TPSA) is 84.9 Å². The molecule has 0 atom stereocenters. The lowest BCUT2D eigenvalue weighted by molar-refractivity contribution is -0.119. The molecule has 3 aromatic carbocycles. The molecule has 0 spiro atoms. The van der Waals surface area contributed by atoms with Crippen molar-refractivity contribution >= 4 is 33.4 Å². The molecule has 0 aromatic heterocycles. The van der Waals surface area contributed by atoms with Gasteiger partial charge in [0.15, 0.2) is 0 Å². The summed E-state index contributed by atoms with van der Waals surface area (Å²) in [5.41, 5.74) is 1.50. The van der Waals surface area contributed by atoms with Crippen molar-refractivity contribution in [3.63, 3.8) is 0 Å². The predicted molar refractivity (Wildman–Crippen MR) is 154 cm³/mol. The van der Waals surface area contributed by atoms with E-state index in [1.54, 1.807) is 48.5 Å². The number of anilines is 1. The minimum atomic E-state index is -3.98. The Hall–Kier alpha value is -3.17. The molecular formula is C29H36N2O5S2. The monoisotopic (exact) mass is 556 g/mol. The SMILES string of the molecule is CCOc1ccc(N(CC(=O)NCCCc2cccc(OC(C)C)c2)S(=O)(=O)c2ccc(SC)cc2)cc1. The molecule has 0 saturated heterocycles. The molecule has 0 saturated carbocycles. The number of aryl methyl sites for hydroxylation is 1. The molecule has 0 bridgehead atoms. The normalized spacial score (nSPS) is 11.3. The van der Waals surface area contributed by atoms with Crippen LogP contribution in [0.3, 0.4) is 0 Å². The number of rotatable bonds is 14. The van der Waals surface area contributed by atoms with Gasteiger partial charge in [-0.15, -0.1) is 11.8 Å². The number of ether oxygens (including phenoxy) is 2. The van der Waals surface area contributed by atoms with E-state index in [-0.39, 0.29) is 23.5 Å². The van der Waals surface area contributed by atoms with Crippen LogP contribution in [0.15, 0.2) is 82.6 Å². The first-order chi connectivity index (χ1) is 18.2. The average molecular weight is 557 g/mol. The van der Waals surface area contributed by atoms with Crippen LogP contribution >= 0.6 is 11.8 Å². The van der Waals surface area contributed by atoms with Crippen molar-refractivity contribution < 1.29 is 22.7 Å². The Morgan fingerprint density at radius 3 is 2.34 bits per heavy atom. The van der Waals surface area contributed by atoms with E-state index in [9.17, 15) is 13.2 Å². The summed E-state index contributed by atoms with van der Waals surface area (Å²) in [4.78, 5) is 14.0. The fourth-order valence-electron chi connectivity index (χ4n) is 3.82. The molecule has 0 aliphatic heterocycles. The molecule has 3 aromatic rings. The van der Waals surface area contributed by atoms with Gasteiger partial charge in [0.2, 0.25) is 5.91 Å². The number of carbonyl (C=O) groups excluding carboxylic acids is 1. The average Bonchev–Trinajstić information content (AvgIpc) is 2.90. The zero-order valence-electron chi connectivity index (χ0n) is 22.3. The number of hydrogen-bond donors (Lipinski definition) is 1. The van der Waals surface area contributed by atoms with Crippen molar-refractivity contribution in [1.82, 2.24) is 5.32 Å². The predicted octanol–water partition coefficient (Wildman–Crippen LogP) is 5.54. The summed E-state index contributed by atoms with van der Waals surface area (Å²) in [6, 6.07) is 21.3. The fourth-order valence-corrected chi connectivity index (χ4v) is 5.65. The first-order valence-corrected chi connectivity index (χ1v) is 15.3. The Balaban J connectivity index is 1.69. The summed E-state index contributed by atoms with van der Waals surface area (Å²) in [6.07, 6.45) is 3.50. The van der Waals surface area contributed by atoms with E-state index >= 15 is 0 Å². The zero-order chi connectivity index (χ0) is 27.5. The minimum Gasteiger partial charge on any atom is -0.494 e. The molecule has 1 amide bonds. The number of hydrogen-bond acceptors (Lipinski definition) is 6. The lowest BCUT2D eigenvalue weighted by Gasteiger charge is -2.24. The third kappa shape index (κ3) is 8.43. The van der Waals surface area contributed by atoms with Crippen molar-refractivity contribution in [2.75, 3.05) is 30.3 Å². The van der Waals surface area contributed by atoms with Gasteiger partial charge in [0.1, 0.15) is 18.0 Å². The minimum absolute atomic E-state index is 0.0996. The van der Waals surface area contributed by atoms with E-state index in [2.05, 4.69) is 5.32 Å². The van der Waals surface area contributed by atoms with Gasteiger partial charge < -0.3 is 14.8 Å². The zero-order valence-corrected chi connectivity index (χ0v) is 24.0. The van der Waals surface area contributed by atoms with Crippen LogP contribution in [0.25, 0.3) is 0 Å². The second-order valence-corrected chi connectivity index (χ2v) is 11.6. The van der Waals surface area contributed by atoms with Crippen molar-refractivity contribution in [3.05, 3.63) is 78.4 Å². The van der Waals surface area contributed by atoms with Gasteiger partial charge in [-0.3, -0.25) is 9.10 Å². The van der Waals surface area contributed by atoms with E-state index in [0.29, 0.717) is 31.0 Å². The lowest BCUT2D eigenvalue weighted by Crippen LogP contribution is -2.41. The van der Waals surface area contributed by atoms with Gasteiger partial charge in [-0.2, -0.15) is 0 Å². The molecule has 0 heterocycles. The van der Waals surface area contributed by atoms with Gasteiger partial charge in [0, 0.05) is 11.4 Å². The van der Waals surface area contributed by atoms with Crippen molar-refractivity contribution in [1.29, 1.82) is 0 Å². The Labute approximate surface area is 230 Å². The molecule has 9 heteroatoms. The van der Waals surface area contributed by atoms with Gasteiger partial charge in [0.05, 0.1) is 23.3 Å². The summed E-state index contributed by atoms with van der Waals surface area (Å²) < 4.78 is 39.6. The highest BCUT2D eigenvalue weighted by Gasteiger charge is 2.27. The van der Waals surface area contributed by atoms with Crippen LogP contribution in [0.4, 0.5) is 5.69 Å². The molecular weight excluding hydrogens is 520 g/mol. The Morgan fingerprint density at radius 1 is 1.00 bits per heavy atom. The maximum atomic E-state index is 13.6. The van der Waals surface area contributed by atoms with Gasteiger partial charge in [-0.25, -0.2) is 8.42 Å². The summed E-state index contributed by atoms with van der Waals surface area (Å²) >= 11 is 1.53. The van der Waals surface area contributed by atoms with Crippen LogP contribution in [-0.4, -0.2) is 46.4 Å². The largest absolute Gasteiger partial charge is 0.494 e. The van der Waals surface area contributed by atoms with Crippen LogP contribution in [0.2, 0.25) is 0 Å². The van der Waals surface area contributed by atoms with Gasteiger partial charge in [0.25, 0.3) is 10.0 Å². The molecule has 3 rings (SSSR count). The highest BCUT2D eigenvalue weighted by atomic mass is 32.2. The Kier molecular flexibility index (Phi) is 10.9. The number of thioether (sulfide) groups is 1. The summed E-state index contributed by atoms with van der Waals surface area (Å²) in [5, 5.41) is 2.87. The summed E-state index contributed by atoms with van der Waals surface area (Å²) in [7, 11) is -3.98. The van der Waals surface area contributed by atoms with E-state index in [4.69, 9.17) is 9.47 Å². The third-order valence-corrected chi connectivity index (χ3v) is 8.14. The van der Waals surface area contributed by atoms with Crippen molar-refractivity contribution in [3.8, 4) is 11.5 Å². The highest BCUT2D eigenvalue weighted by Crippen LogP contribution is 2.27. The molecule has 38 heavy (non-hydrogen) atoms. The van der Waals surface area contributed by atoms with Crippen LogP contribution in [0.1, 0.15) is 32.8 Å². The molecule has 0 aliphatic carbocycles. The van der Waals surface area contributed by atoms with E-state index < -0.39 is 10.0 Å². The van der Waals surface area contributed by atoms with Crippen LogP contribution in [0, 0.1) is 0 Å². The third-order valence-electron chi connectivity index (χ3n) is 5.60. The maximum Gasteiger partial charge on any atom is 0.264 e. The molecule has 0 radical (unpaired) electrons. The van der Waals surface area contributed by atoms with Crippen LogP contribution in [0.5, 0.6) is 11.5 Å². The standard InChI is InChI=1S/C29H36N2O5S2/c1-5-35-25-13-11-24(12-14-25)31(38(33,34)28-17-15-27(37-4)16-18-28)21-29(32)30-19-7-9-23-8-6-10-26(20-23)36-22(2)3/h6,8,10-18,20,22H,5,7,9,19,21H2,1-4H3,(H,30,32). The summed E-state index contributed by atoms with van der Waals surface area (Å²) in [5.74, 6) is 1.08. The number of nitrogens with one attached hydrogen (secondary N) is 1. The van der Waals surface area contributed by atoms with E-state index in [1.165, 1.54) is 11.8 Å². The summed E-state index contributed by atoms with van der Waals surface area (Å²) in [6.45, 7) is 6.44. The van der Waals surface area contributed by atoms with Gasteiger partial charge in [-0.05, 0) is 106 Å². The van der Waals surface area contributed by atoms with Gasteiger partial charge in [-0.1, -0.05) is 12.1 Å². The highest BCUT2D eigenvalue weighted by molar-refractivity contribution is 7.98. The van der Waals surface area contributed by atoms with Crippen molar-refractivity contribution in [2.45, 2.75) is 49.5 Å².